The van der Waals surface area contributed by atoms with Gasteiger partial charge in [0, 0.05) is 5.56 Å². The molecule has 0 aliphatic heterocycles. The van der Waals surface area contributed by atoms with Gasteiger partial charge in [-0.05, 0) is 17.7 Å². The first kappa shape index (κ1) is 15.9. The Balaban J connectivity index is 2.61. The lowest BCUT2D eigenvalue weighted by Crippen LogP contribution is -2.47. The molecule has 2 amide bonds. The molecule has 0 aliphatic rings. The van der Waals surface area contributed by atoms with Gasteiger partial charge in [0.05, 0.1) is 5.69 Å². The predicted octanol–water partition coefficient (Wildman–Crippen LogP) is 0.864. The van der Waals surface area contributed by atoms with E-state index < -0.39 is 16.1 Å². The lowest BCUT2D eigenvalue weighted by Gasteiger charge is -2.17. The lowest BCUT2D eigenvalue weighted by molar-refractivity contribution is 0.246. The van der Waals surface area contributed by atoms with Gasteiger partial charge in [-0.25, -0.2) is 21.5 Å². The summed E-state index contributed by atoms with van der Waals surface area (Å²) in [6.07, 6.45) is 0. The van der Waals surface area contributed by atoms with Crippen molar-refractivity contribution in [2.75, 3.05) is 5.01 Å². The number of carbonyl (C=O) groups is 1. The smallest absolute Gasteiger partial charge is 0.282 e. The van der Waals surface area contributed by atoms with Crippen LogP contribution in [0.15, 0.2) is 53.4 Å². The maximum Gasteiger partial charge on any atom is 0.350 e. The maximum atomic E-state index is 11.6. The van der Waals surface area contributed by atoms with Crippen molar-refractivity contribution >= 4 is 21.8 Å². The molecule has 0 aromatic heterocycles. The number of hydrogen-bond acceptors (Lipinski definition) is 5. The van der Waals surface area contributed by atoms with Crippen molar-refractivity contribution in [1.29, 1.82) is 0 Å². The van der Waals surface area contributed by atoms with Crippen LogP contribution < -0.4 is 22.1 Å². The fourth-order valence-electron chi connectivity index (χ4n) is 1.92. The van der Waals surface area contributed by atoms with Crippen LogP contribution in [0, 0.1) is 0 Å². The zero-order valence-corrected chi connectivity index (χ0v) is 12.1. The van der Waals surface area contributed by atoms with Gasteiger partial charge in [-0.2, -0.15) is 8.42 Å². The van der Waals surface area contributed by atoms with Gasteiger partial charge >= 0.3 is 6.03 Å². The van der Waals surface area contributed by atoms with Gasteiger partial charge in [0.2, 0.25) is 0 Å². The van der Waals surface area contributed by atoms with Gasteiger partial charge in [-0.15, -0.1) is 0 Å². The molecule has 0 atom stereocenters. The van der Waals surface area contributed by atoms with Gasteiger partial charge < -0.3 is 0 Å². The molecule has 8 nitrogen and oxygen atoms in total. The highest BCUT2D eigenvalue weighted by molar-refractivity contribution is 7.86. The third kappa shape index (κ3) is 3.23. The van der Waals surface area contributed by atoms with E-state index in [-0.39, 0.29) is 16.1 Å². The highest BCUT2D eigenvalue weighted by Crippen LogP contribution is 2.30. The highest BCUT2D eigenvalue weighted by Gasteiger charge is 2.20. The average molecular weight is 322 g/mol. The number of amides is 2. The Bertz CT molecular complexity index is 793. The Kier molecular flexibility index (Phi) is 4.43. The topological polar surface area (TPSA) is 139 Å². The molecule has 0 heterocycles. The van der Waals surface area contributed by atoms with Crippen LogP contribution >= 0.6 is 0 Å². The van der Waals surface area contributed by atoms with Crippen LogP contribution in [0.1, 0.15) is 0 Å². The Labute approximate surface area is 127 Å². The van der Waals surface area contributed by atoms with Crippen molar-refractivity contribution < 1.29 is 17.8 Å². The van der Waals surface area contributed by atoms with Crippen LogP contribution in [0.25, 0.3) is 11.1 Å². The van der Waals surface area contributed by atoms with E-state index in [0.717, 1.165) is 6.07 Å². The molecule has 2 aromatic rings. The normalized spacial score (nSPS) is 11.0. The second-order valence-electron chi connectivity index (χ2n) is 4.34. The van der Waals surface area contributed by atoms with E-state index in [9.17, 15) is 17.8 Å². The number of benzene rings is 2. The van der Waals surface area contributed by atoms with Gasteiger partial charge in [0.1, 0.15) is 4.90 Å². The van der Waals surface area contributed by atoms with Crippen LogP contribution in [0.5, 0.6) is 0 Å². The minimum atomic E-state index is -4.52. The molecule has 0 fully saturated rings. The van der Waals surface area contributed by atoms with Crippen LogP contribution in [0.2, 0.25) is 0 Å². The van der Waals surface area contributed by atoms with Crippen LogP contribution in [-0.4, -0.2) is 19.0 Å². The van der Waals surface area contributed by atoms with Crippen LogP contribution in [0.3, 0.4) is 0 Å². The molecular weight excluding hydrogens is 308 g/mol. The van der Waals surface area contributed by atoms with E-state index >= 15 is 0 Å². The van der Waals surface area contributed by atoms with E-state index in [2.05, 4.69) is 0 Å². The molecule has 22 heavy (non-hydrogen) atoms. The SMILES string of the molecule is NNC(=O)N(N)c1ccc(-c2ccccc2)c(S(=O)(=O)O)c1. The Morgan fingerprint density at radius 1 is 1.14 bits per heavy atom. The molecule has 116 valence electrons. The molecule has 2 aromatic carbocycles. The van der Waals surface area contributed by atoms with Crippen molar-refractivity contribution in [2.45, 2.75) is 4.90 Å². The van der Waals surface area contributed by atoms with E-state index in [1.807, 2.05) is 5.43 Å². The minimum absolute atomic E-state index is 0.0512. The fraction of sp³-hybridized carbons (Fsp3) is 0. The lowest BCUT2D eigenvalue weighted by atomic mass is 10.1. The van der Waals surface area contributed by atoms with Crippen molar-refractivity contribution in [3.8, 4) is 11.1 Å². The molecule has 0 radical (unpaired) electrons. The Morgan fingerprint density at radius 3 is 2.32 bits per heavy atom. The number of anilines is 1. The fourth-order valence-corrected chi connectivity index (χ4v) is 2.65. The zero-order valence-electron chi connectivity index (χ0n) is 11.3. The van der Waals surface area contributed by atoms with E-state index in [1.54, 1.807) is 30.3 Å². The first-order valence-corrected chi connectivity index (χ1v) is 7.51. The Hall–Kier alpha value is -2.46. The van der Waals surface area contributed by atoms with Gasteiger partial charge in [-0.1, -0.05) is 36.4 Å². The average Bonchev–Trinajstić information content (AvgIpc) is 2.53. The number of nitrogens with two attached hydrogens (primary N) is 2. The minimum Gasteiger partial charge on any atom is -0.282 e. The summed E-state index contributed by atoms with van der Waals surface area (Å²) in [5, 5.41) is 0.628. The number of nitrogens with one attached hydrogen (secondary N) is 1. The number of hydrazine groups is 2. The molecule has 0 saturated heterocycles. The summed E-state index contributed by atoms with van der Waals surface area (Å²) >= 11 is 0. The summed E-state index contributed by atoms with van der Waals surface area (Å²) in [7, 11) is -4.52. The third-order valence-electron chi connectivity index (χ3n) is 2.95. The summed E-state index contributed by atoms with van der Waals surface area (Å²) in [6.45, 7) is 0. The number of rotatable bonds is 3. The van der Waals surface area contributed by atoms with Crippen LogP contribution in [0.4, 0.5) is 10.5 Å². The third-order valence-corrected chi connectivity index (χ3v) is 3.84. The summed E-state index contributed by atoms with van der Waals surface area (Å²) in [5.41, 5.74) is 2.75. The monoisotopic (exact) mass is 322 g/mol. The van der Waals surface area contributed by atoms with E-state index in [0.29, 0.717) is 10.6 Å². The molecule has 0 spiro atoms. The van der Waals surface area contributed by atoms with E-state index in [1.165, 1.54) is 12.1 Å². The van der Waals surface area contributed by atoms with Crippen molar-refractivity contribution in [1.82, 2.24) is 5.43 Å². The van der Waals surface area contributed by atoms with Crippen LogP contribution in [-0.2, 0) is 10.1 Å². The molecule has 6 N–H and O–H groups in total. The molecule has 2 rings (SSSR count). The first-order valence-electron chi connectivity index (χ1n) is 6.07. The van der Waals surface area contributed by atoms with Crippen molar-refractivity contribution in [3.05, 3.63) is 48.5 Å². The first-order chi connectivity index (χ1) is 10.3. The van der Waals surface area contributed by atoms with Crippen molar-refractivity contribution in [2.24, 2.45) is 11.7 Å². The second-order valence-corrected chi connectivity index (χ2v) is 5.73. The van der Waals surface area contributed by atoms with Crippen molar-refractivity contribution in [3.63, 3.8) is 0 Å². The van der Waals surface area contributed by atoms with E-state index in [4.69, 9.17) is 11.7 Å². The molecular formula is C13H14N4O4S. The highest BCUT2D eigenvalue weighted by atomic mass is 32.2. The number of hydrogen-bond donors (Lipinski definition) is 4. The number of urea groups is 1. The molecule has 0 aliphatic carbocycles. The Morgan fingerprint density at radius 2 is 1.77 bits per heavy atom. The quantitative estimate of drug-likeness (QED) is 0.286. The molecule has 0 saturated carbocycles. The summed E-state index contributed by atoms with van der Waals surface area (Å²) in [5.74, 6) is 10.5. The van der Waals surface area contributed by atoms with Gasteiger partial charge in [-0.3, -0.25) is 9.98 Å². The maximum absolute atomic E-state index is 11.6. The zero-order chi connectivity index (χ0) is 16.3. The number of carbonyl (C=O) groups excluding carboxylic acids is 1. The molecule has 9 heteroatoms. The largest absolute Gasteiger partial charge is 0.350 e. The van der Waals surface area contributed by atoms with Gasteiger partial charge in [0.25, 0.3) is 10.1 Å². The predicted molar refractivity (Wildman–Crippen MR) is 81.1 cm³/mol. The molecule has 0 bridgehead atoms. The molecule has 0 unspecified atom stereocenters. The number of nitrogens with zero attached hydrogens (tertiary/aromatic N) is 1. The second kappa shape index (κ2) is 6.12. The summed E-state index contributed by atoms with van der Waals surface area (Å²) < 4.78 is 32.6. The van der Waals surface area contributed by atoms with Gasteiger partial charge in [0.15, 0.2) is 0 Å². The summed E-state index contributed by atoms with van der Waals surface area (Å²) in [4.78, 5) is 11.0. The standard InChI is InChI=1S/C13H14N4O4S/c14-16-13(18)17(15)10-6-7-11(9-4-2-1-3-5-9)12(8-10)22(19,20)21/h1-8H,14-15H2,(H,16,18)(H,19,20,21). The summed E-state index contributed by atoms with van der Waals surface area (Å²) in [6, 6.07) is 11.7.